The summed E-state index contributed by atoms with van der Waals surface area (Å²) in [6.07, 6.45) is 0. The molecule has 0 saturated carbocycles. The molecule has 1 heterocycles. The highest BCUT2D eigenvalue weighted by Gasteiger charge is 2.27. The lowest BCUT2D eigenvalue weighted by Crippen LogP contribution is -2.49. The maximum Gasteiger partial charge on any atom is 0.240 e. The van der Waals surface area contributed by atoms with E-state index in [1.807, 2.05) is 37.2 Å². The molecule has 0 amide bonds. The highest BCUT2D eigenvalue weighted by Crippen LogP contribution is 2.26. The first-order valence-electron chi connectivity index (χ1n) is 11.4. The van der Waals surface area contributed by atoms with Crippen molar-refractivity contribution in [1.82, 2.24) is 9.62 Å². The summed E-state index contributed by atoms with van der Waals surface area (Å²) >= 11 is 0. The molecule has 0 bridgehead atoms. The van der Waals surface area contributed by atoms with Crippen LogP contribution in [-0.4, -0.2) is 60.1 Å². The minimum absolute atomic E-state index is 0.0597. The molecular formula is C26H31FN4O2S. The molecule has 1 aliphatic heterocycles. The number of anilines is 2. The second kappa shape index (κ2) is 10.5. The van der Waals surface area contributed by atoms with E-state index in [2.05, 4.69) is 50.9 Å². The molecule has 1 atom stereocenters. The van der Waals surface area contributed by atoms with Crippen molar-refractivity contribution < 1.29 is 12.8 Å². The number of nitrogens with one attached hydrogen (secondary N) is 1. The largest absolute Gasteiger partial charge is 0.378 e. The Kier molecular flexibility index (Phi) is 7.50. The Bertz CT molecular complexity index is 1160. The van der Waals surface area contributed by atoms with Crippen LogP contribution >= 0.6 is 0 Å². The van der Waals surface area contributed by atoms with Gasteiger partial charge in [0.15, 0.2) is 0 Å². The first-order valence-corrected chi connectivity index (χ1v) is 12.9. The van der Waals surface area contributed by atoms with Gasteiger partial charge in [-0.25, -0.2) is 17.5 Å². The topological polar surface area (TPSA) is 55.9 Å². The minimum atomic E-state index is -3.76. The van der Waals surface area contributed by atoms with E-state index in [1.54, 1.807) is 0 Å². The number of nitrogens with zero attached hydrogens (tertiary/aromatic N) is 3. The van der Waals surface area contributed by atoms with E-state index in [1.165, 1.54) is 17.8 Å². The van der Waals surface area contributed by atoms with E-state index in [0.717, 1.165) is 49.6 Å². The predicted octanol–water partition coefficient (Wildman–Crippen LogP) is 3.73. The Morgan fingerprint density at radius 1 is 0.882 bits per heavy atom. The normalized spacial score (nSPS) is 15.8. The Morgan fingerprint density at radius 2 is 1.50 bits per heavy atom. The molecule has 4 rings (SSSR count). The fraction of sp³-hybridized carbons (Fsp3) is 0.308. The number of piperazine rings is 1. The van der Waals surface area contributed by atoms with Gasteiger partial charge in [-0.05, 0) is 54.1 Å². The Balaban J connectivity index is 1.52. The molecule has 3 aromatic rings. The van der Waals surface area contributed by atoms with Crippen LogP contribution in [0, 0.1) is 5.82 Å². The first-order chi connectivity index (χ1) is 16.3. The summed E-state index contributed by atoms with van der Waals surface area (Å²) in [7, 11) is 0.228. The van der Waals surface area contributed by atoms with E-state index in [9.17, 15) is 12.8 Å². The van der Waals surface area contributed by atoms with Crippen molar-refractivity contribution in [2.24, 2.45) is 0 Å². The average molecular weight is 483 g/mol. The summed E-state index contributed by atoms with van der Waals surface area (Å²) in [4.78, 5) is 6.78. The number of hydrogen-bond acceptors (Lipinski definition) is 5. The smallest absolute Gasteiger partial charge is 0.240 e. The van der Waals surface area contributed by atoms with Crippen LogP contribution < -0.4 is 14.5 Å². The van der Waals surface area contributed by atoms with Crippen LogP contribution in [0.1, 0.15) is 11.6 Å². The monoisotopic (exact) mass is 482 g/mol. The number of rotatable bonds is 8. The Morgan fingerprint density at radius 3 is 2.09 bits per heavy atom. The predicted molar refractivity (Wildman–Crippen MR) is 135 cm³/mol. The van der Waals surface area contributed by atoms with Gasteiger partial charge in [-0.3, -0.25) is 4.90 Å². The molecule has 1 N–H and O–H groups in total. The van der Waals surface area contributed by atoms with Crippen molar-refractivity contribution in [2.45, 2.75) is 10.9 Å². The Labute approximate surface area is 201 Å². The molecule has 6 nitrogen and oxygen atoms in total. The second-order valence-electron chi connectivity index (χ2n) is 8.67. The third-order valence-corrected chi connectivity index (χ3v) is 7.70. The van der Waals surface area contributed by atoms with E-state index in [-0.39, 0.29) is 17.5 Å². The van der Waals surface area contributed by atoms with Gasteiger partial charge in [0, 0.05) is 64.2 Å². The van der Waals surface area contributed by atoms with Gasteiger partial charge >= 0.3 is 0 Å². The highest BCUT2D eigenvalue weighted by atomic mass is 32.2. The van der Waals surface area contributed by atoms with Crippen LogP contribution in [0.15, 0.2) is 83.8 Å². The molecule has 0 aromatic heterocycles. The van der Waals surface area contributed by atoms with Gasteiger partial charge in [-0.1, -0.05) is 30.3 Å². The summed E-state index contributed by atoms with van der Waals surface area (Å²) in [5.41, 5.74) is 3.34. The van der Waals surface area contributed by atoms with E-state index >= 15 is 0 Å². The molecule has 1 saturated heterocycles. The molecule has 0 unspecified atom stereocenters. The fourth-order valence-corrected chi connectivity index (χ4v) is 5.31. The molecule has 1 aliphatic rings. The second-order valence-corrected chi connectivity index (χ2v) is 10.4. The summed E-state index contributed by atoms with van der Waals surface area (Å²) in [6, 6.07) is 23.3. The quantitative estimate of drug-likeness (QED) is 0.530. The van der Waals surface area contributed by atoms with Gasteiger partial charge in [-0.15, -0.1) is 0 Å². The van der Waals surface area contributed by atoms with Crippen LogP contribution in [0.25, 0.3) is 0 Å². The van der Waals surface area contributed by atoms with E-state index in [0.29, 0.717) is 0 Å². The van der Waals surface area contributed by atoms with Gasteiger partial charge < -0.3 is 9.80 Å². The van der Waals surface area contributed by atoms with Crippen LogP contribution in [0.4, 0.5) is 15.8 Å². The first kappa shape index (κ1) is 24.2. The van der Waals surface area contributed by atoms with E-state index in [4.69, 9.17) is 0 Å². The van der Waals surface area contributed by atoms with Crippen molar-refractivity contribution in [3.63, 3.8) is 0 Å². The zero-order valence-corrected chi connectivity index (χ0v) is 20.4. The molecule has 8 heteroatoms. The lowest BCUT2D eigenvalue weighted by Gasteiger charge is -2.40. The lowest BCUT2D eigenvalue weighted by atomic mass is 10.0. The molecule has 1 fully saturated rings. The summed E-state index contributed by atoms with van der Waals surface area (Å²) < 4.78 is 41.8. The summed E-state index contributed by atoms with van der Waals surface area (Å²) in [5.74, 6) is -0.464. The van der Waals surface area contributed by atoms with Gasteiger partial charge in [0.2, 0.25) is 10.0 Å². The maximum atomic E-state index is 13.3. The molecule has 0 aliphatic carbocycles. The third kappa shape index (κ3) is 5.75. The summed E-state index contributed by atoms with van der Waals surface area (Å²) in [5, 5.41) is 0. The van der Waals surface area contributed by atoms with Crippen LogP contribution in [0.5, 0.6) is 0 Å². The van der Waals surface area contributed by atoms with Gasteiger partial charge in [0.25, 0.3) is 0 Å². The van der Waals surface area contributed by atoms with Gasteiger partial charge in [0.1, 0.15) is 5.82 Å². The van der Waals surface area contributed by atoms with Crippen molar-refractivity contribution in [3.8, 4) is 0 Å². The van der Waals surface area contributed by atoms with Crippen molar-refractivity contribution in [3.05, 3.63) is 90.2 Å². The highest BCUT2D eigenvalue weighted by molar-refractivity contribution is 7.89. The lowest BCUT2D eigenvalue weighted by molar-refractivity contribution is 0.187. The molecule has 3 aromatic carbocycles. The van der Waals surface area contributed by atoms with Gasteiger partial charge in [-0.2, -0.15) is 0 Å². The number of para-hydroxylation sites is 1. The Hall–Kier alpha value is -2.94. The van der Waals surface area contributed by atoms with Gasteiger partial charge in [0.05, 0.1) is 4.90 Å². The van der Waals surface area contributed by atoms with Crippen molar-refractivity contribution in [2.75, 3.05) is 56.6 Å². The standard InChI is InChI=1S/C26H31FN4O2S/c1-29(2)23-12-8-21(9-13-23)26(20-28-34(32,33)25-14-10-22(27)11-15-25)31-18-16-30(17-19-31)24-6-4-3-5-7-24/h3-15,26,28H,16-20H2,1-2H3/t26-/m0/s1. The zero-order chi connectivity index (χ0) is 24.1. The molecule has 0 radical (unpaired) electrons. The van der Waals surface area contributed by atoms with Crippen molar-refractivity contribution >= 4 is 21.4 Å². The summed E-state index contributed by atoms with van der Waals surface area (Å²) in [6.45, 7) is 3.58. The minimum Gasteiger partial charge on any atom is -0.378 e. The number of hydrogen-bond donors (Lipinski definition) is 1. The van der Waals surface area contributed by atoms with Crippen LogP contribution in [0.2, 0.25) is 0 Å². The number of benzene rings is 3. The van der Waals surface area contributed by atoms with E-state index < -0.39 is 15.8 Å². The van der Waals surface area contributed by atoms with Crippen LogP contribution in [-0.2, 0) is 10.0 Å². The SMILES string of the molecule is CN(C)c1ccc([C@H](CNS(=O)(=O)c2ccc(F)cc2)N2CCN(c3ccccc3)CC2)cc1. The fourth-order valence-electron chi connectivity index (χ4n) is 4.27. The zero-order valence-electron chi connectivity index (χ0n) is 19.6. The maximum absolute atomic E-state index is 13.3. The van der Waals surface area contributed by atoms with Crippen molar-refractivity contribution in [1.29, 1.82) is 0 Å². The molecular weight excluding hydrogens is 451 g/mol. The molecule has 0 spiro atoms. The molecule has 180 valence electrons. The number of halogens is 1. The average Bonchev–Trinajstić information content (AvgIpc) is 2.85. The third-order valence-electron chi connectivity index (χ3n) is 6.26. The van der Waals surface area contributed by atoms with Crippen LogP contribution in [0.3, 0.4) is 0 Å². The molecule has 34 heavy (non-hydrogen) atoms. The number of sulfonamides is 1.